The molecule has 6 heteroatoms. The molecule has 0 bridgehead atoms. The fourth-order valence-electron chi connectivity index (χ4n) is 2.88. The Morgan fingerprint density at radius 2 is 2.17 bits per heavy atom. The zero-order valence-corrected chi connectivity index (χ0v) is 15.4. The number of halogens is 1. The number of hydrogen-bond acceptors (Lipinski definition) is 5. The lowest BCUT2D eigenvalue weighted by Crippen LogP contribution is -2.38. The quantitative estimate of drug-likeness (QED) is 0.629. The minimum atomic E-state index is 0.0704. The minimum Gasteiger partial charge on any atom is -0.438 e. The van der Waals surface area contributed by atoms with Crippen molar-refractivity contribution in [3.05, 3.63) is 63.9 Å². The van der Waals surface area contributed by atoms with Gasteiger partial charge in [0, 0.05) is 17.6 Å². The van der Waals surface area contributed by atoms with Gasteiger partial charge in [-0.15, -0.1) is 11.3 Å². The molecule has 4 rings (SSSR count). The lowest BCUT2D eigenvalue weighted by molar-refractivity contribution is -0.0354. The van der Waals surface area contributed by atoms with E-state index in [2.05, 4.69) is 37.9 Å². The predicted molar refractivity (Wildman–Crippen MR) is 97.9 cm³/mol. The van der Waals surface area contributed by atoms with E-state index in [9.17, 15) is 0 Å². The van der Waals surface area contributed by atoms with Crippen LogP contribution in [0.2, 0.25) is 0 Å². The minimum absolute atomic E-state index is 0.0704. The van der Waals surface area contributed by atoms with E-state index in [0.29, 0.717) is 13.2 Å². The molecule has 1 fully saturated rings. The van der Waals surface area contributed by atoms with Gasteiger partial charge in [-0.05, 0) is 23.1 Å². The van der Waals surface area contributed by atoms with Crippen LogP contribution in [0.15, 0.2) is 56.9 Å². The van der Waals surface area contributed by atoms with E-state index in [0.717, 1.165) is 34.1 Å². The van der Waals surface area contributed by atoms with Gasteiger partial charge in [0.2, 0.25) is 5.89 Å². The van der Waals surface area contributed by atoms with E-state index in [1.807, 2.05) is 35.8 Å². The monoisotopic (exact) mass is 404 g/mol. The molecule has 0 radical (unpaired) electrons. The van der Waals surface area contributed by atoms with E-state index in [-0.39, 0.29) is 6.10 Å². The highest BCUT2D eigenvalue weighted by molar-refractivity contribution is 9.10. The Kier molecular flexibility index (Phi) is 4.80. The lowest BCUT2D eigenvalue weighted by atomic mass is 10.1. The molecule has 1 aromatic carbocycles. The van der Waals surface area contributed by atoms with Crippen molar-refractivity contribution < 1.29 is 9.15 Å². The van der Waals surface area contributed by atoms with Gasteiger partial charge in [-0.25, -0.2) is 4.98 Å². The topological polar surface area (TPSA) is 38.5 Å². The molecule has 1 unspecified atom stereocenters. The third kappa shape index (κ3) is 3.47. The Morgan fingerprint density at radius 3 is 3.00 bits per heavy atom. The molecular weight excluding hydrogens is 388 g/mol. The lowest BCUT2D eigenvalue weighted by Gasteiger charge is -2.32. The molecular formula is C18H17BrN2O2S. The van der Waals surface area contributed by atoms with Crippen molar-refractivity contribution in [3.63, 3.8) is 0 Å². The Morgan fingerprint density at radius 1 is 1.25 bits per heavy atom. The fourth-order valence-corrected chi connectivity index (χ4v) is 4.09. The number of hydrogen-bond donors (Lipinski definition) is 0. The predicted octanol–water partition coefficient (Wildman–Crippen LogP) is 4.74. The van der Waals surface area contributed by atoms with Gasteiger partial charge in [0.15, 0.2) is 5.76 Å². The van der Waals surface area contributed by atoms with Crippen LogP contribution in [0.4, 0.5) is 0 Å². The van der Waals surface area contributed by atoms with Crippen molar-refractivity contribution in [1.82, 2.24) is 9.88 Å². The number of morpholine rings is 1. The first-order chi connectivity index (χ1) is 11.8. The van der Waals surface area contributed by atoms with Crippen molar-refractivity contribution in [3.8, 4) is 10.6 Å². The molecule has 1 saturated heterocycles. The number of nitrogens with zero attached hydrogens (tertiary/aromatic N) is 2. The van der Waals surface area contributed by atoms with E-state index in [1.54, 1.807) is 11.3 Å². The Bertz CT molecular complexity index is 803. The molecule has 124 valence electrons. The highest BCUT2D eigenvalue weighted by atomic mass is 79.9. The molecule has 0 aliphatic carbocycles. The van der Waals surface area contributed by atoms with Crippen LogP contribution in [0.5, 0.6) is 0 Å². The molecule has 0 N–H and O–H groups in total. The number of thiophene rings is 1. The summed E-state index contributed by atoms with van der Waals surface area (Å²) in [7, 11) is 0. The third-order valence-electron chi connectivity index (χ3n) is 4.08. The first-order valence-electron chi connectivity index (χ1n) is 7.86. The normalized spacial score (nSPS) is 18.8. The van der Waals surface area contributed by atoms with Gasteiger partial charge < -0.3 is 9.15 Å². The summed E-state index contributed by atoms with van der Waals surface area (Å²) < 4.78 is 12.9. The van der Waals surface area contributed by atoms with Crippen LogP contribution < -0.4 is 0 Å². The summed E-state index contributed by atoms with van der Waals surface area (Å²) in [4.78, 5) is 7.87. The number of rotatable bonds is 4. The average Bonchev–Trinajstić information content (AvgIpc) is 3.27. The van der Waals surface area contributed by atoms with Crippen LogP contribution in [0.25, 0.3) is 10.6 Å². The number of oxazole rings is 1. The van der Waals surface area contributed by atoms with Crippen molar-refractivity contribution in [1.29, 1.82) is 0 Å². The van der Waals surface area contributed by atoms with Gasteiger partial charge in [0.25, 0.3) is 0 Å². The maximum absolute atomic E-state index is 5.96. The summed E-state index contributed by atoms with van der Waals surface area (Å²) in [6, 6.07) is 12.3. The van der Waals surface area contributed by atoms with Gasteiger partial charge in [-0.2, -0.15) is 0 Å². The first kappa shape index (κ1) is 16.0. The molecule has 1 atom stereocenters. The Balaban J connectivity index is 1.44. The highest BCUT2D eigenvalue weighted by Crippen LogP contribution is 2.30. The molecule has 3 heterocycles. The van der Waals surface area contributed by atoms with Crippen molar-refractivity contribution in [2.24, 2.45) is 0 Å². The highest BCUT2D eigenvalue weighted by Gasteiger charge is 2.24. The van der Waals surface area contributed by atoms with Gasteiger partial charge >= 0.3 is 0 Å². The molecule has 0 saturated carbocycles. The van der Waals surface area contributed by atoms with Crippen molar-refractivity contribution in [2.75, 3.05) is 19.7 Å². The molecule has 1 aliphatic rings. The Labute approximate surface area is 153 Å². The summed E-state index contributed by atoms with van der Waals surface area (Å²) in [6.45, 7) is 3.14. The molecule has 24 heavy (non-hydrogen) atoms. The standard InChI is InChI=1S/C18H17BrN2O2S/c19-14-5-2-1-4-13(14)16-11-21(7-8-22-16)12-18-20-10-15(23-18)17-6-3-9-24-17/h1-6,9-10,16H,7-8,11-12H2. The smallest absolute Gasteiger partial charge is 0.209 e. The fraction of sp³-hybridized carbons (Fsp3) is 0.278. The summed E-state index contributed by atoms with van der Waals surface area (Å²) >= 11 is 5.28. The summed E-state index contributed by atoms with van der Waals surface area (Å²) in [6.07, 6.45) is 1.88. The van der Waals surface area contributed by atoms with Crippen LogP contribution in [0.1, 0.15) is 17.6 Å². The van der Waals surface area contributed by atoms with Crippen LogP contribution in [0.3, 0.4) is 0 Å². The molecule has 4 nitrogen and oxygen atoms in total. The maximum Gasteiger partial charge on any atom is 0.209 e. The molecule has 1 aliphatic heterocycles. The van der Waals surface area contributed by atoms with Crippen molar-refractivity contribution >= 4 is 27.3 Å². The van der Waals surface area contributed by atoms with Crippen LogP contribution >= 0.6 is 27.3 Å². The SMILES string of the molecule is Brc1ccccc1C1CN(Cc2ncc(-c3cccs3)o2)CCO1. The average molecular weight is 405 g/mol. The van der Waals surface area contributed by atoms with Crippen LogP contribution in [-0.4, -0.2) is 29.6 Å². The van der Waals surface area contributed by atoms with E-state index < -0.39 is 0 Å². The second-order valence-corrected chi connectivity index (χ2v) is 7.51. The first-order valence-corrected chi connectivity index (χ1v) is 9.54. The van der Waals surface area contributed by atoms with E-state index >= 15 is 0 Å². The number of aromatic nitrogens is 1. The van der Waals surface area contributed by atoms with Gasteiger partial charge in [-0.3, -0.25) is 4.90 Å². The number of ether oxygens (including phenoxy) is 1. The molecule has 2 aromatic heterocycles. The van der Waals surface area contributed by atoms with Gasteiger partial charge in [0.05, 0.1) is 30.3 Å². The summed E-state index contributed by atoms with van der Waals surface area (Å²) in [5.41, 5.74) is 1.19. The van der Waals surface area contributed by atoms with Crippen molar-refractivity contribution in [2.45, 2.75) is 12.6 Å². The zero-order valence-electron chi connectivity index (χ0n) is 13.0. The largest absolute Gasteiger partial charge is 0.438 e. The number of benzene rings is 1. The van der Waals surface area contributed by atoms with Crippen LogP contribution in [-0.2, 0) is 11.3 Å². The van der Waals surface area contributed by atoms with E-state index in [1.165, 1.54) is 5.56 Å². The zero-order chi connectivity index (χ0) is 16.4. The van der Waals surface area contributed by atoms with E-state index in [4.69, 9.17) is 9.15 Å². The second-order valence-electron chi connectivity index (χ2n) is 5.71. The molecule has 0 spiro atoms. The van der Waals surface area contributed by atoms with Crippen LogP contribution in [0, 0.1) is 0 Å². The second kappa shape index (κ2) is 7.19. The molecule has 0 amide bonds. The molecule has 3 aromatic rings. The van der Waals surface area contributed by atoms with Gasteiger partial charge in [0.1, 0.15) is 0 Å². The third-order valence-corrected chi connectivity index (χ3v) is 5.69. The summed E-state index contributed by atoms with van der Waals surface area (Å²) in [5, 5.41) is 2.04. The Hall–Kier alpha value is -1.47. The maximum atomic E-state index is 5.96. The van der Waals surface area contributed by atoms with Gasteiger partial charge in [-0.1, -0.05) is 40.2 Å². The summed E-state index contributed by atoms with van der Waals surface area (Å²) in [5.74, 6) is 1.60.